The molecule has 0 unspecified atom stereocenters. The van der Waals surface area contributed by atoms with Crippen LogP contribution in [0.25, 0.3) is 10.8 Å². The lowest BCUT2D eigenvalue weighted by molar-refractivity contribution is 0.0949. The van der Waals surface area contributed by atoms with Crippen LogP contribution in [0.5, 0.6) is 0 Å². The van der Waals surface area contributed by atoms with Gasteiger partial charge in [0, 0.05) is 30.7 Å². The second kappa shape index (κ2) is 9.53. The first-order valence-electron chi connectivity index (χ1n) is 10.4. The van der Waals surface area contributed by atoms with Gasteiger partial charge in [-0.15, -0.1) is 0 Å². The summed E-state index contributed by atoms with van der Waals surface area (Å²) in [5, 5.41) is 9.35. The van der Waals surface area contributed by atoms with Crippen LogP contribution in [0, 0.1) is 0 Å². The summed E-state index contributed by atoms with van der Waals surface area (Å²) >= 11 is 0. The summed E-state index contributed by atoms with van der Waals surface area (Å²) in [6.45, 7) is 5.64. The number of anilines is 1. The van der Waals surface area contributed by atoms with Crippen molar-refractivity contribution in [3.8, 4) is 0 Å². The van der Waals surface area contributed by atoms with E-state index >= 15 is 0 Å². The fraction of sp³-hybridized carbons (Fsp3) is 0.304. The Morgan fingerprint density at radius 2 is 1.84 bits per heavy atom. The number of rotatable bonds is 6. The number of aryl methyl sites for hydroxylation is 1. The smallest absolute Gasteiger partial charge is 0.292 e. The zero-order chi connectivity index (χ0) is 21.6. The molecule has 0 spiro atoms. The molecule has 0 bridgehead atoms. The van der Waals surface area contributed by atoms with Gasteiger partial charge in [-0.25, -0.2) is 10.1 Å². The van der Waals surface area contributed by atoms with Crippen LogP contribution in [0.4, 0.5) is 5.69 Å². The van der Waals surface area contributed by atoms with Crippen LogP contribution in [0.1, 0.15) is 29.4 Å². The number of fused-ring (bicyclic) bond motifs is 1. The number of ether oxygens (including phenoxy) is 1. The minimum Gasteiger partial charge on any atom is -0.378 e. The Morgan fingerprint density at radius 3 is 2.55 bits per heavy atom. The lowest BCUT2D eigenvalue weighted by Gasteiger charge is -2.28. The molecule has 1 aliphatic heterocycles. The largest absolute Gasteiger partial charge is 0.378 e. The third kappa shape index (κ3) is 4.64. The topological polar surface area (TPSA) is 88.8 Å². The molecule has 3 aromatic rings. The van der Waals surface area contributed by atoms with E-state index in [9.17, 15) is 9.59 Å². The maximum atomic E-state index is 12.8. The number of carbonyl (C=O) groups excluding carboxylic acids is 1. The molecule has 1 saturated heterocycles. The molecule has 1 fully saturated rings. The van der Waals surface area contributed by atoms with Crippen molar-refractivity contribution in [2.45, 2.75) is 19.9 Å². The molecule has 2 heterocycles. The number of amides is 1. The Labute approximate surface area is 180 Å². The van der Waals surface area contributed by atoms with Crippen molar-refractivity contribution < 1.29 is 9.53 Å². The zero-order valence-corrected chi connectivity index (χ0v) is 17.5. The van der Waals surface area contributed by atoms with Crippen molar-refractivity contribution in [1.29, 1.82) is 0 Å². The number of hydrogen-bond donors (Lipinski definition) is 1. The van der Waals surface area contributed by atoms with E-state index in [0.717, 1.165) is 44.0 Å². The van der Waals surface area contributed by atoms with Gasteiger partial charge < -0.3 is 9.64 Å². The molecular weight excluding hydrogens is 394 g/mol. The first-order valence-corrected chi connectivity index (χ1v) is 10.4. The van der Waals surface area contributed by atoms with Crippen molar-refractivity contribution in [3.63, 3.8) is 0 Å². The summed E-state index contributed by atoms with van der Waals surface area (Å²) in [6, 6.07) is 15.0. The van der Waals surface area contributed by atoms with Gasteiger partial charge in [-0.2, -0.15) is 10.2 Å². The predicted octanol–water partition coefficient (Wildman–Crippen LogP) is 2.41. The third-order valence-corrected chi connectivity index (χ3v) is 5.17. The minimum atomic E-state index is -0.456. The molecule has 0 saturated carbocycles. The van der Waals surface area contributed by atoms with Crippen LogP contribution in [-0.2, 0) is 11.3 Å². The average Bonchev–Trinajstić information content (AvgIpc) is 2.82. The van der Waals surface area contributed by atoms with Crippen LogP contribution in [-0.4, -0.2) is 48.2 Å². The summed E-state index contributed by atoms with van der Waals surface area (Å²) in [7, 11) is 0. The summed E-state index contributed by atoms with van der Waals surface area (Å²) in [6.07, 6.45) is 2.33. The molecule has 1 N–H and O–H groups in total. The van der Waals surface area contributed by atoms with Gasteiger partial charge in [-0.1, -0.05) is 37.3 Å². The van der Waals surface area contributed by atoms with Gasteiger partial charge in [0.1, 0.15) is 0 Å². The normalized spacial score (nSPS) is 14.3. The zero-order valence-electron chi connectivity index (χ0n) is 17.5. The summed E-state index contributed by atoms with van der Waals surface area (Å²) in [5.74, 6) is -0.456. The second-order valence-corrected chi connectivity index (χ2v) is 7.31. The number of nitrogens with one attached hydrogen (secondary N) is 1. The van der Waals surface area contributed by atoms with E-state index < -0.39 is 5.91 Å². The van der Waals surface area contributed by atoms with E-state index in [1.807, 2.05) is 31.2 Å². The Kier molecular flexibility index (Phi) is 6.37. The highest BCUT2D eigenvalue weighted by Gasteiger charge is 2.16. The lowest BCUT2D eigenvalue weighted by atomic mass is 10.1. The van der Waals surface area contributed by atoms with Gasteiger partial charge >= 0.3 is 0 Å². The monoisotopic (exact) mass is 419 g/mol. The van der Waals surface area contributed by atoms with Crippen LogP contribution >= 0.6 is 0 Å². The van der Waals surface area contributed by atoms with Crippen LogP contribution in [0.3, 0.4) is 0 Å². The SMILES string of the molecule is CCCn1nc(C(=O)N/N=C/c2ccc(N3CCOCC3)cc2)c2ccccc2c1=O. The van der Waals surface area contributed by atoms with Crippen molar-refractivity contribution in [1.82, 2.24) is 15.2 Å². The lowest BCUT2D eigenvalue weighted by Crippen LogP contribution is -2.36. The first kappa shape index (κ1) is 20.7. The van der Waals surface area contributed by atoms with Crippen molar-refractivity contribution in [2.75, 3.05) is 31.2 Å². The molecule has 31 heavy (non-hydrogen) atoms. The van der Waals surface area contributed by atoms with Crippen LogP contribution in [0.2, 0.25) is 0 Å². The van der Waals surface area contributed by atoms with Gasteiger partial charge in [-0.05, 0) is 30.2 Å². The van der Waals surface area contributed by atoms with Crippen molar-refractivity contribution in [3.05, 3.63) is 70.1 Å². The highest BCUT2D eigenvalue weighted by molar-refractivity contribution is 6.04. The Hall–Kier alpha value is -3.52. The van der Waals surface area contributed by atoms with Crippen molar-refractivity contribution >= 4 is 28.6 Å². The fourth-order valence-electron chi connectivity index (χ4n) is 3.58. The molecule has 0 radical (unpaired) electrons. The number of benzene rings is 2. The highest BCUT2D eigenvalue weighted by Crippen LogP contribution is 2.16. The predicted molar refractivity (Wildman–Crippen MR) is 121 cm³/mol. The molecule has 2 aromatic carbocycles. The average molecular weight is 419 g/mol. The van der Waals surface area contributed by atoms with E-state index in [4.69, 9.17) is 4.74 Å². The maximum absolute atomic E-state index is 12.8. The molecule has 1 amide bonds. The number of morpholine rings is 1. The molecular formula is C23H25N5O3. The Bertz CT molecular complexity index is 1150. The van der Waals surface area contributed by atoms with E-state index in [1.54, 1.807) is 30.5 Å². The molecule has 8 nitrogen and oxygen atoms in total. The maximum Gasteiger partial charge on any atom is 0.292 e. The first-order chi connectivity index (χ1) is 15.2. The van der Waals surface area contributed by atoms with E-state index in [1.165, 1.54) is 4.68 Å². The van der Waals surface area contributed by atoms with Gasteiger partial charge in [0.2, 0.25) is 0 Å². The molecule has 1 aliphatic rings. The van der Waals surface area contributed by atoms with Gasteiger partial charge in [0.05, 0.1) is 24.8 Å². The highest BCUT2D eigenvalue weighted by atomic mass is 16.5. The fourth-order valence-corrected chi connectivity index (χ4v) is 3.58. The molecule has 160 valence electrons. The third-order valence-electron chi connectivity index (χ3n) is 5.17. The van der Waals surface area contributed by atoms with E-state index in [2.05, 4.69) is 20.5 Å². The van der Waals surface area contributed by atoms with Crippen LogP contribution in [0.15, 0.2) is 58.4 Å². The summed E-state index contributed by atoms with van der Waals surface area (Å²) in [4.78, 5) is 27.6. The van der Waals surface area contributed by atoms with Gasteiger partial charge in [0.25, 0.3) is 11.5 Å². The molecule has 4 rings (SSSR count). The molecule has 8 heteroatoms. The van der Waals surface area contributed by atoms with Crippen molar-refractivity contribution in [2.24, 2.45) is 5.10 Å². The standard InChI is InChI=1S/C23H25N5O3/c1-2-11-28-23(30)20-6-4-3-5-19(20)21(26-28)22(29)25-24-16-17-7-9-18(10-8-17)27-12-14-31-15-13-27/h3-10,16H,2,11-15H2,1H3,(H,25,29)/b24-16+. The molecule has 0 atom stereocenters. The quantitative estimate of drug-likeness (QED) is 0.490. The molecule has 0 aliphatic carbocycles. The van der Waals surface area contributed by atoms with Crippen LogP contribution < -0.4 is 15.9 Å². The Balaban J connectivity index is 1.49. The minimum absolute atomic E-state index is 0.184. The van der Waals surface area contributed by atoms with E-state index in [0.29, 0.717) is 17.3 Å². The van der Waals surface area contributed by atoms with Gasteiger partial charge in [-0.3, -0.25) is 9.59 Å². The molecule has 1 aromatic heterocycles. The van der Waals surface area contributed by atoms with E-state index in [-0.39, 0.29) is 11.3 Å². The number of hydrogen-bond acceptors (Lipinski definition) is 6. The number of nitrogens with zero attached hydrogens (tertiary/aromatic N) is 4. The second-order valence-electron chi connectivity index (χ2n) is 7.31. The number of aromatic nitrogens is 2. The number of carbonyl (C=O) groups is 1. The summed E-state index contributed by atoms with van der Waals surface area (Å²) in [5.41, 5.74) is 4.52. The summed E-state index contributed by atoms with van der Waals surface area (Å²) < 4.78 is 6.72. The number of hydrazone groups is 1. The Morgan fingerprint density at radius 1 is 1.13 bits per heavy atom. The van der Waals surface area contributed by atoms with Gasteiger partial charge in [0.15, 0.2) is 5.69 Å².